The summed E-state index contributed by atoms with van der Waals surface area (Å²) in [5, 5.41) is 17.3. The molecular formula is C29H29ClF3N7O3S. The van der Waals surface area contributed by atoms with E-state index in [0.717, 1.165) is 35.8 Å². The van der Waals surface area contributed by atoms with E-state index in [4.69, 9.17) is 16.6 Å². The predicted molar refractivity (Wildman–Crippen MR) is 157 cm³/mol. The standard InChI is InChI=1S/C29H29ClF3N7O3S/c1-16-6-7-22(21(12-25(41)42)20-8-10-40-26(17(20)2)36-37-28(40)29(31,32)33)35-23(16)15-38-14-19-5-3-4-9-39(19)27-24(44(38)43)11-18(30)13-34-27/h6-8,10-11,13,19,21H,3-5,9,12,14-15H2,1-2H3,(H,41,42). The van der Waals surface area contributed by atoms with E-state index >= 15 is 0 Å². The van der Waals surface area contributed by atoms with Crippen molar-refractivity contribution in [3.8, 4) is 0 Å². The largest absolute Gasteiger partial charge is 0.593 e. The first kappa shape index (κ1) is 30.6. The Morgan fingerprint density at radius 1 is 1.23 bits per heavy atom. The molecule has 1 fully saturated rings. The number of carboxylic acid groups (broad SMARTS) is 1. The van der Waals surface area contributed by atoms with Gasteiger partial charge in [0.1, 0.15) is 0 Å². The number of hydrogen-bond acceptors (Lipinski definition) is 8. The Morgan fingerprint density at radius 3 is 2.77 bits per heavy atom. The molecule has 3 unspecified atom stereocenters. The zero-order valence-electron chi connectivity index (χ0n) is 23.9. The smallest absolute Gasteiger partial charge is 0.452 e. The lowest BCUT2D eigenvalue weighted by Crippen LogP contribution is -2.45. The molecule has 6 heterocycles. The molecule has 1 N–H and O–H groups in total. The van der Waals surface area contributed by atoms with E-state index in [9.17, 15) is 27.6 Å². The number of piperidine rings is 1. The number of hydrogen-bond donors (Lipinski definition) is 1. The van der Waals surface area contributed by atoms with E-state index in [2.05, 4.69) is 20.1 Å². The van der Waals surface area contributed by atoms with Crippen LogP contribution in [0.1, 0.15) is 65.5 Å². The third-order valence-electron chi connectivity index (χ3n) is 8.32. The van der Waals surface area contributed by atoms with Gasteiger partial charge in [-0.3, -0.25) is 14.2 Å². The molecular weight excluding hydrogens is 619 g/mol. The van der Waals surface area contributed by atoms with E-state index in [1.54, 1.807) is 25.3 Å². The van der Waals surface area contributed by atoms with Crippen LogP contribution >= 0.6 is 11.6 Å². The lowest BCUT2D eigenvalue weighted by Gasteiger charge is -2.35. The van der Waals surface area contributed by atoms with Gasteiger partial charge in [0.15, 0.2) is 11.5 Å². The second kappa shape index (κ2) is 11.8. The molecule has 10 nitrogen and oxygen atoms in total. The van der Waals surface area contributed by atoms with Crippen molar-refractivity contribution in [2.24, 2.45) is 0 Å². The molecule has 0 amide bonds. The number of alkyl halides is 3. The van der Waals surface area contributed by atoms with Crippen molar-refractivity contribution in [1.82, 2.24) is 28.9 Å². The molecule has 15 heteroatoms. The van der Waals surface area contributed by atoms with Crippen molar-refractivity contribution in [1.29, 1.82) is 0 Å². The Kier molecular flexibility index (Phi) is 8.20. The summed E-state index contributed by atoms with van der Waals surface area (Å²) in [7, 11) is 0. The monoisotopic (exact) mass is 647 g/mol. The maximum absolute atomic E-state index is 14.0. The summed E-state index contributed by atoms with van der Waals surface area (Å²) in [4.78, 5) is 24.2. The molecule has 0 radical (unpaired) electrons. The summed E-state index contributed by atoms with van der Waals surface area (Å²) in [6.45, 7) is 5.01. The van der Waals surface area contributed by atoms with Crippen LogP contribution in [0.25, 0.3) is 5.65 Å². The number of rotatable bonds is 6. The molecule has 3 atom stereocenters. The van der Waals surface area contributed by atoms with Crippen LogP contribution < -0.4 is 4.90 Å². The second-order valence-corrected chi connectivity index (χ2v) is 13.0. The number of fused-ring (bicyclic) bond motifs is 4. The molecule has 0 aromatic carbocycles. The minimum atomic E-state index is -4.70. The summed E-state index contributed by atoms with van der Waals surface area (Å²) >= 11 is 4.68. The molecule has 0 aliphatic carbocycles. The highest BCUT2D eigenvalue weighted by Crippen LogP contribution is 2.38. The fourth-order valence-corrected chi connectivity index (χ4v) is 7.72. The fourth-order valence-electron chi connectivity index (χ4n) is 6.12. The number of pyridine rings is 3. The van der Waals surface area contributed by atoms with Gasteiger partial charge in [-0.25, -0.2) is 4.98 Å². The molecule has 44 heavy (non-hydrogen) atoms. The van der Waals surface area contributed by atoms with Gasteiger partial charge in [0.05, 0.1) is 41.6 Å². The maximum Gasteiger partial charge on any atom is 0.452 e. The number of aromatic nitrogens is 5. The topological polar surface area (TPSA) is 123 Å². The van der Waals surface area contributed by atoms with Crippen LogP contribution in [0.4, 0.5) is 19.0 Å². The molecule has 2 aliphatic heterocycles. The first-order valence-electron chi connectivity index (χ1n) is 14.1. The van der Waals surface area contributed by atoms with Gasteiger partial charge in [0, 0.05) is 42.7 Å². The minimum absolute atomic E-state index is 0.0134. The molecule has 4 aromatic heterocycles. The number of carbonyl (C=O) groups is 1. The van der Waals surface area contributed by atoms with Gasteiger partial charge in [0.2, 0.25) is 10.7 Å². The van der Waals surface area contributed by atoms with E-state index in [0.29, 0.717) is 44.8 Å². The molecule has 0 saturated carbocycles. The second-order valence-electron chi connectivity index (χ2n) is 11.2. The van der Waals surface area contributed by atoms with Gasteiger partial charge in [-0.2, -0.15) is 13.2 Å². The Hall–Kier alpha value is -3.46. The normalized spacial score (nSPS) is 19.8. The number of carboxylic acids is 1. The lowest BCUT2D eigenvalue weighted by atomic mass is 9.89. The first-order valence-corrected chi connectivity index (χ1v) is 15.6. The molecule has 0 spiro atoms. The highest BCUT2D eigenvalue weighted by atomic mass is 35.5. The predicted octanol–water partition coefficient (Wildman–Crippen LogP) is 5.31. The average molecular weight is 648 g/mol. The highest BCUT2D eigenvalue weighted by Gasteiger charge is 2.40. The minimum Gasteiger partial charge on any atom is -0.593 e. The van der Waals surface area contributed by atoms with Gasteiger partial charge in [-0.1, -0.05) is 17.7 Å². The lowest BCUT2D eigenvalue weighted by molar-refractivity contribution is -0.145. The maximum atomic E-state index is 14.0. The van der Waals surface area contributed by atoms with E-state index in [1.807, 2.05) is 17.3 Å². The van der Waals surface area contributed by atoms with Crippen LogP contribution in [0.3, 0.4) is 0 Å². The summed E-state index contributed by atoms with van der Waals surface area (Å²) < 4.78 is 57.0. The number of aryl methyl sites for hydroxylation is 2. The fraction of sp³-hybridized carbons (Fsp3) is 0.414. The number of anilines is 1. The van der Waals surface area contributed by atoms with Crippen LogP contribution in [0.15, 0.2) is 41.6 Å². The van der Waals surface area contributed by atoms with Crippen molar-refractivity contribution in [2.45, 2.75) is 69.1 Å². The van der Waals surface area contributed by atoms with Crippen molar-refractivity contribution in [3.05, 3.63) is 75.6 Å². The number of nitrogens with zero attached hydrogens (tertiary/aromatic N) is 7. The number of aliphatic carboxylic acids is 1. The van der Waals surface area contributed by atoms with Crippen molar-refractivity contribution in [3.63, 3.8) is 0 Å². The third-order valence-corrected chi connectivity index (χ3v) is 9.95. The van der Waals surface area contributed by atoms with Crippen molar-refractivity contribution in [2.75, 3.05) is 18.0 Å². The Morgan fingerprint density at radius 2 is 2.02 bits per heavy atom. The van der Waals surface area contributed by atoms with Gasteiger partial charge < -0.3 is 14.6 Å². The Balaban J connectivity index is 1.37. The van der Waals surface area contributed by atoms with E-state index < -0.39 is 35.2 Å². The van der Waals surface area contributed by atoms with Crippen LogP contribution in [-0.4, -0.2) is 63.6 Å². The SMILES string of the molecule is Cc1ccc(C(CC(=O)O)c2ccn3c(C(F)(F)F)nnc3c2C)nc1CN1CC2CCCCN2c2ncc(Cl)cc2[S+]1[O-]. The summed E-state index contributed by atoms with van der Waals surface area (Å²) in [6.07, 6.45) is 0.705. The van der Waals surface area contributed by atoms with Crippen molar-refractivity contribution >= 4 is 40.4 Å². The summed E-state index contributed by atoms with van der Waals surface area (Å²) in [5.41, 5.74) is 2.72. The third kappa shape index (κ3) is 5.71. The van der Waals surface area contributed by atoms with Gasteiger partial charge in [-0.15, -0.1) is 14.5 Å². The molecule has 1 saturated heterocycles. The summed E-state index contributed by atoms with van der Waals surface area (Å²) in [6, 6.07) is 6.81. The van der Waals surface area contributed by atoms with Gasteiger partial charge in [-0.05, 0) is 61.9 Å². The molecule has 232 valence electrons. The van der Waals surface area contributed by atoms with Crippen LogP contribution in [0, 0.1) is 13.8 Å². The van der Waals surface area contributed by atoms with Gasteiger partial charge >= 0.3 is 12.1 Å². The van der Waals surface area contributed by atoms with Gasteiger partial charge in [0.25, 0.3) is 0 Å². The van der Waals surface area contributed by atoms with Crippen LogP contribution in [-0.2, 0) is 28.9 Å². The zero-order chi connectivity index (χ0) is 31.3. The quantitative estimate of drug-likeness (QED) is 0.277. The molecule has 4 aromatic rings. The first-order chi connectivity index (χ1) is 20.9. The van der Waals surface area contributed by atoms with E-state index in [-0.39, 0.29) is 24.7 Å². The average Bonchev–Trinajstić information content (AvgIpc) is 3.39. The Bertz CT molecular complexity index is 1740. The van der Waals surface area contributed by atoms with Crippen LogP contribution in [0.2, 0.25) is 5.02 Å². The molecule has 0 bridgehead atoms. The number of halogens is 4. The Labute approximate surface area is 259 Å². The highest BCUT2D eigenvalue weighted by molar-refractivity contribution is 7.89. The van der Waals surface area contributed by atoms with Crippen LogP contribution in [0.5, 0.6) is 0 Å². The summed E-state index contributed by atoms with van der Waals surface area (Å²) in [5.74, 6) is -2.36. The molecule has 2 aliphatic rings. The van der Waals surface area contributed by atoms with E-state index in [1.165, 1.54) is 12.3 Å². The molecule has 6 rings (SSSR count). The zero-order valence-corrected chi connectivity index (χ0v) is 25.5. The van der Waals surface area contributed by atoms with Crippen molar-refractivity contribution < 1.29 is 27.6 Å².